The number of hydrogen-bond acceptors (Lipinski definition) is 3. The first-order chi connectivity index (χ1) is 18.8. The smallest absolute Gasteiger partial charge is 0.293 e. The largest absolute Gasteiger partial charge is 0.461 e. The lowest BCUT2D eigenvalue weighted by Crippen LogP contribution is -2.29. The van der Waals surface area contributed by atoms with Gasteiger partial charge in [-0.1, -0.05) is 74.5 Å². The van der Waals surface area contributed by atoms with Crippen molar-refractivity contribution in [1.29, 1.82) is 0 Å². The second-order valence-electron chi connectivity index (χ2n) is 11.6. The summed E-state index contributed by atoms with van der Waals surface area (Å²) < 4.78 is 7.45. The van der Waals surface area contributed by atoms with Gasteiger partial charge in [0.05, 0.1) is 5.41 Å². The van der Waals surface area contributed by atoms with Gasteiger partial charge in [0.1, 0.15) is 6.61 Å². The first kappa shape index (κ1) is 25.1. The summed E-state index contributed by atoms with van der Waals surface area (Å²) in [7, 11) is 2.17. The maximum Gasteiger partial charge on any atom is 0.293 e. The molecule has 0 aliphatic carbocycles. The number of anilines is 1. The highest BCUT2D eigenvalue weighted by atomic mass is 16.5. The van der Waals surface area contributed by atoms with Crippen LogP contribution in [-0.2, 0) is 20.4 Å². The molecule has 0 saturated heterocycles. The predicted octanol–water partition coefficient (Wildman–Crippen LogP) is 7.41. The van der Waals surface area contributed by atoms with E-state index in [4.69, 9.17) is 4.74 Å². The van der Waals surface area contributed by atoms with E-state index >= 15 is 0 Å². The zero-order valence-electron chi connectivity index (χ0n) is 23.4. The van der Waals surface area contributed by atoms with Gasteiger partial charge in [0.25, 0.3) is 6.47 Å². The Bertz CT molecular complexity index is 1720. The lowest BCUT2D eigenvalue weighted by atomic mass is 9.79. The van der Waals surface area contributed by atoms with Gasteiger partial charge in [-0.25, -0.2) is 0 Å². The van der Waals surface area contributed by atoms with Gasteiger partial charge in [0.2, 0.25) is 5.69 Å². The predicted molar refractivity (Wildman–Crippen MR) is 161 cm³/mol. The average Bonchev–Trinajstić information content (AvgIpc) is 3.27. The molecule has 4 aromatic carbocycles. The van der Waals surface area contributed by atoms with E-state index < -0.39 is 0 Å². The van der Waals surface area contributed by atoms with Crippen molar-refractivity contribution in [2.45, 2.75) is 38.5 Å². The summed E-state index contributed by atoms with van der Waals surface area (Å²) in [5.74, 6) is 0. The maximum atomic E-state index is 10.9. The first-order valence-corrected chi connectivity index (χ1v) is 13.6. The van der Waals surface area contributed by atoms with Crippen molar-refractivity contribution in [3.05, 3.63) is 108 Å². The molecule has 39 heavy (non-hydrogen) atoms. The van der Waals surface area contributed by atoms with E-state index in [-0.39, 0.29) is 10.8 Å². The van der Waals surface area contributed by atoms with Crippen molar-refractivity contribution in [2.75, 3.05) is 25.1 Å². The van der Waals surface area contributed by atoms with E-state index in [1.807, 2.05) is 0 Å². The van der Waals surface area contributed by atoms with Gasteiger partial charge >= 0.3 is 0 Å². The highest BCUT2D eigenvalue weighted by molar-refractivity contribution is 6.07. The molecule has 0 saturated carbocycles. The molecule has 2 aliphatic rings. The van der Waals surface area contributed by atoms with Crippen LogP contribution >= 0.6 is 0 Å². The van der Waals surface area contributed by atoms with Crippen LogP contribution in [0.25, 0.3) is 21.5 Å². The van der Waals surface area contributed by atoms with E-state index in [9.17, 15) is 4.79 Å². The SMILES string of the molecule is CN1/C(=C/C=C/C2=[N+](CCOC=O)c3ccc4ccccc4c3C2(C)C)C(C)(C)c2c1ccc1ccccc21. The van der Waals surface area contributed by atoms with Crippen LogP contribution in [0.15, 0.2) is 96.7 Å². The van der Waals surface area contributed by atoms with Gasteiger partial charge in [-0.15, -0.1) is 0 Å². The fourth-order valence-corrected chi connectivity index (χ4v) is 6.89. The fourth-order valence-electron chi connectivity index (χ4n) is 6.89. The summed E-state index contributed by atoms with van der Waals surface area (Å²) in [5.41, 5.74) is 7.24. The molecule has 0 unspecified atom stereocenters. The number of fused-ring (bicyclic) bond motifs is 6. The van der Waals surface area contributed by atoms with E-state index in [0.717, 1.165) is 0 Å². The monoisotopic (exact) mass is 515 g/mol. The minimum absolute atomic E-state index is 0.137. The number of carbonyl (C=O) groups is 1. The second kappa shape index (κ2) is 9.23. The van der Waals surface area contributed by atoms with E-state index in [1.165, 1.54) is 55.5 Å². The third kappa shape index (κ3) is 3.81. The van der Waals surface area contributed by atoms with Crippen LogP contribution in [0.1, 0.15) is 38.8 Å². The number of benzene rings is 4. The summed E-state index contributed by atoms with van der Waals surface area (Å²) in [6.07, 6.45) is 6.70. The van der Waals surface area contributed by atoms with Crippen molar-refractivity contribution in [2.24, 2.45) is 0 Å². The fraction of sp³-hybridized carbons (Fsp3) is 0.257. The molecule has 0 bridgehead atoms. The molecule has 2 aliphatic heterocycles. The minimum atomic E-state index is -0.220. The molecule has 196 valence electrons. The van der Waals surface area contributed by atoms with Crippen LogP contribution in [0, 0.1) is 0 Å². The Kier molecular flexibility index (Phi) is 5.95. The number of carbonyl (C=O) groups excluding carboxylic acids is 1. The first-order valence-electron chi connectivity index (χ1n) is 13.6. The summed E-state index contributed by atoms with van der Waals surface area (Å²) in [6.45, 7) is 10.7. The van der Waals surface area contributed by atoms with E-state index in [0.29, 0.717) is 19.6 Å². The van der Waals surface area contributed by atoms with E-state index in [1.54, 1.807) is 0 Å². The Balaban J connectivity index is 1.44. The van der Waals surface area contributed by atoms with Gasteiger partial charge in [0.15, 0.2) is 12.3 Å². The van der Waals surface area contributed by atoms with Crippen molar-refractivity contribution >= 4 is 45.1 Å². The molecule has 4 nitrogen and oxygen atoms in total. The third-order valence-electron chi connectivity index (χ3n) is 8.66. The quantitative estimate of drug-likeness (QED) is 0.152. The third-order valence-corrected chi connectivity index (χ3v) is 8.66. The number of rotatable bonds is 6. The molecular weight excluding hydrogens is 480 g/mol. The zero-order valence-corrected chi connectivity index (χ0v) is 23.4. The lowest BCUT2D eigenvalue weighted by Gasteiger charge is -2.24. The molecule has 0 aromatic heterocycles. The van der Waals surface area contributed by atoms with Gasteiger partial charge in [-0.05, 0) is 59.2 Å². The van der Waals surface area contributed by atoms with Crippen molar-refractivity contribution in [1.82, 2.24) is 0 Å². The molecule has 0 radical (unpaired) electrons. The molecule has 0 amide bonds. The van der Waals surface area contributed by atoms with Crippen LogP contribution < -0.4 is 4.90 Å². The Morgan fingerprint density at radius 3 is 2.15 bits per heavy atom. The van der Waals surface area contributed by atoms with Crippen LogP contribution in [0.5, 0.6) is 0 Å². The topological polar surface area (TPSA) is 32.5 Å². The van der Waals surface area contributed by atoms with Crippen LogP contribution in [0.4, 0.5) is 11.4 Å². The molecule has 0 spiro atoms. The molecule has 0 atom stereocenters. The number of nitrogens with zero attached hydrogens (tertiary/aromatic N) is 2. The maximum absolute atomic E-state index is 10.9. The van der Waals surface area contributed by atoms with Gasteiger partial charge < -0.3 is 9.64 Å². The van der Waals surface area contributed by atoms with Crippen molar-refractivity contribution in [3.63, 3.8) is 0 Å². The molecular formula is C35H35N2O2+. The summed E-state index contributed by atoms with van der Waals surface area (Å²) in [6, 6.07) is 26.1. The Hall–Kier alpha value is -4.18. The Morgan fingerprint density at radius 1 is 0.821 bits per heavy atom. The number of allylic oxidation sites excluding steroid dienone is 4. The molecule has 0 N–H and O–H groups in total. The summed E-state index contributed by atoms with van der Waals surface area (Å²) in [4.78, 5) is 13.2. The summed E-state index contributed by atoms with van der Waals surface area (Å²) >= 11 is 0. The second-order valence-corrected chi connectivity index (χ2v) is 11.6. The molecule has 4 heteroatoms. The zero-order chi connectivity index (χ0) is 27.4. The highest BCUT2D eigenvalue weighted by Crippen LogP contribution is 2.50. The summed E-state index contributed by atoms with van der Waals surface area (Å²) in [5, 5.41) is 5.09. The number of likely N-dealkylation sites (N-methyl/N-ethyl adjacent to an activating group) is 1. The Labute approximate surface area is 230 Å². The standard InChI is InChI=1S/C35H35N2O2/c1-34(2)30(36(5)28-19-17-24-11-6-8-13-26(24)32(28)34)15-10-16-31-35(3,4)33-27-14-9-7-12-25(27)18-20-29(33)37(31)21-22-39-23-38/h6-20,23H,21-22H2,1-5H3/q+1. The number of ether oxygens (including phenoxy) is 1. The Morgan fingerprint density at radius 2 is 1.46 bits per heavy atom. The minimum Gasteiger partial charge on any atom is -0.461 e. The number of hydrogen-bond donors (Lipinski definition) is 0. The van der Waals surface area contributed by atoms with Crippen LogP contribution in [0.2, 0.25) is 0 Å². The van der Waals surface area contributed by atoms with Crippen LogP contribution in [-0.4, -0.2) is 37.0 Å². The van der Waals surface area contributed by atoms with Gasteiger partial charge in [0, 0.05) is 41.6 Å². The molecule has 0 fully saturated rings. The van der Waals surface area contributed by atoms with Crippen molar-refractivity contribution in [3.8, 4) is 0 Å². The normalized spacial score (nSPS) is 18.4. The van der Waals surface area contributed by atoms with Crippen LogP contribution in [0.3, 0.4) is 0 Å². The molecule has 2 heterocycles. The molecule has 4 aromatic rings. The highest BCUT2D eigenvalue weighted by Gasteiger charge is 2.45. The van der Waals surface area contributed by atoms with Gasteiger partial charge in [-0.2, -0.15) is 4.58 Å². The molecule has 6 rings (SSSR count). The van der Waals surface area contributed by atoms with E-state index in [2.05, 4.69) is 135 Å². The average molecular weight is 516 g/mol. The van der Waals surface area contributed by atoms with Gasteiger partial charge in [-0.3, -0.25) is 4.79 Å². The lowest BCUT2D eigenvalue weighted by molar-refractivity contribution is -0.440. The van der Waals surface area contributed by atoms with Crippen molar-refractivity contribution < 1.29 is 14.1 Å².